The molecule has 0 aliphatic heterocycles. The first-order chi connectivity index (χ1) is 21.3. The van der Waals surface area contributed by atoms with E-state index >= 15 is 0 Å². The van der Waals surface area contributed by atoms with E-state index in [0.717, 1.165) is 23.2 Å². The lowest BCUT2D eigenvalue weighted by Gasteiger charge is -2.14. The molecule has 5 aromatic rings. The first-order valence-electron chi connectivity index (χ1n) is 14.2. The third kappa shape index (κ3) is 6.19. The van der Waals surface area contributed by atoms with Crippen molar-refractivity contribution in [3.63, 3.8) is 0 Å². The van der Waals surface area contributed by atoms with E-state index in [1.807, 2.05) is 61.5 Å². The highest BCUT2D eigenvalue weighted by molar-refractivity contribution is 6.03. The molecule has 44 heavy (non-hydrogen) atoms. The molecule has 6 rings (SSSR count). The molecule has 1 aliphatic carbocycles. The van der Waals surface area contributed by atoms with Gasteiger partial charge in [-0.05, 0) is 48.6 Å². The van der Waals surface area contributed by atoms with Crippen LogP contribution in [0.15, 0.2) is 77.9 Å². The van der Waals surface area contributed by atoms with Crippen LogP contribution in [0.5, 0.6) is 0 Å². The van der Waals surface area contributed by atoms with Gasteiger partial charge in [-0.2, -0.15) is 0 Å². The number of nitrogens with zero attached hydrogens (tertiary/aromatic N) is 4. The lowest BCUT2D eigenvalue weighted by molar-refractivity contribution is -0.126. The van der Waals surface area contributed by atoms with Crippen molar-refractivity contribution in [3.05, 3.63) is 100 Å². The summed E-state index contributed by atoms with van der Waals surface area (Å²) in [6, 6.07) is 19.0. The largest absolute Gasteiger partial charge is 0.381 e. The highest BCUT2D eigenvalue weighted by Gasteiger charge is 2.27. The van der Waals surface area contributed by atoms with Crippen LogP contribution in [0.3, 0.4) is 0 Å². The van der Waals surface area contributed by atoms with Crippen LogP contribution in [0, 0.1) is 17.8 Å². The van der Waals surface area contributed by atoms with E-state index in [-0.39, 0.29) is 41.1 Å². The Morgan fingerprint density at radius 3 is 2.59 bits per heavy atom. The molecule has 0 bridgehead atoms. The smallest absolute Gasteiger partial charge is 0.264 e. The number of anilines is 1. The fourth-order valence-corrected chi connectivity index (χ4v) is 5.23. The Hall–Kier alpha value is -5.76. The van der Waals surface area contributed by atoms with Crippen molar-refractivity contribution in [2.45, 2.75) is 32.6 Å². The minimum absolute atomic E-state index is 0.0982. The van der Waals surface area contributed by atoms with Crippen molar-refractivity contribution in [2.24, 2.45) is 11.7 Å². The number of nitrogens with one attached hydrogen (secondary N) is 1. The number of aromatic nitrogens is 4. The zero-order valence-corrected chi connectivity index (χ0v) is 24.1. The summed E-state index contributed by atoms with van der Waals surface area (Å²) in [5.41, 5.74) is 13.4. The molecule has 1 atom stereocenters. The van der Waals surface area contributed by atoms with Gasteiger partial charge in [0.15, 0.2) is 11.5 Å². The van der Waals surface area contributed by atoms with Crippen LogP contribution < -0.4 is 22.3 Å². The van der Waals surface area contributed by atoms with Crippen LogP contribution in [0.25, 0.3) is 22.1 Å². The number of hydrogen-bond acceptors (Lipinski definition) is 7. The number of hydrogen-bond donors (Lipinski definition) is 3. The number of rotatable bonds is 5. The van der Waals surface area contributed by atoms with Gasteiger partial charge in [-0.3, -0.25) is 23.7 Å². The van der Waals surface area contributed by atoms with Gasteiger partial charge in [-0.15, -0.1) is 5.10 Å². The molecule has 5 N–H and O–H groups in total. The summed E-state index contributed by atoms with van der Waals surface area (Å²) in [4.78, 5) is 51.9. The maximum absolute atomic E-state index is 13.5. The fraction of sp³-hybridized carbons (Fsp3) is 0.212. The molecule has 3 aromatic heterocycles. The van der Waals surface area contributed by atoms with Gasteiger partial charge in [0, 0.05) is 48.1 Å². The Kier molecular flexibility index (Phi) is 8.81. The first kappa shape index (κ1) is 29.7. The molecule has 1 aliphatic rings. The summed E-state index contributed by atoms with van der Waals surface area (Å²) in [7, 11) is 0. The predicted molar refractivity (Wildman–Crippen MR) is 167 cm³/mol. The zero-order chi connectivity index (χ0) is 31.2. The van der Waals surface area contributed by atoms with E-state index in [1.165, 1.54) is 4.52 Å². The second-order valence-corrected chi connectivity index (χ2v) is 10.2. The van der Waals surface area contributed by atoms with Crippen molar-refractivity contribution < 1.29 is 14.4 Å². The quantitative estimate of drug-likeness (QED) is 0.265. The van der Waals surface area contributed by atoms with Crippen LogP contribution in [-0.2, 0) is 16.0 Å². The molecule has 0 spiro atoms. The van der Waals surface area contributed by atoms with Crippen molar-refractivity contribution in [3.8, 4) is 17.5 Å². The van der Waals surface area contributed by atoms with Crippen LogP contribution in [0.4, 0.5) is 5.82 Å². The van der Waals surface area contributed by atoms with Gasteiger partial charge in [0.2, 0.25) is 5.91 Å². The molecule has 1 saturated carbocycles. The van der Waals surface area contributed by atoms with E-state index in [2.05, 4.69) is 27.2 Å². The van der Waals surface area contributed by atoms with E-state index in [1.54, 1.807) is 23.0 Å². The second-order valence-electron chi connectivity index (χ2n) is 10.2. The topological polar surface area (TPSA) is 167 Å². The first-order valence-corrected chi connectivity index (χ1v) is 14.2. The van der Waals surface area contributed by atoms with Crippen LogP contribution >= 0.6 is 0 Å². The van der Waals surface area contributed by atoms with Gasteiger partial charge < -0.3 is 16.8 Å². The number of amides is 2. The third-order valence-electron chi connectivity index (χ3n) is 7.36. The number of ketones is 1. The normalized spacial score (nSPS) is 14.0. The van der Waals surface area contributed by atoms with Gasteiger partial charge in [-0.25, -0.2) is 9.50 Å². The standard InChI is InChI=1S/C26H24N2O3.C7H7N5O/c1-2-21-16-19-9-6-8-18(10-7-15-27-25(30)20-13-14-23(29)17-20)24(19)26(31)28(21)22-11-4-3-5-12-22;8-5-4(6(9)13)7-10-2-1-3-12(7)11-5/h3-6,8-9,11-12,16,20H,2,13-15,17H2,1H3,(H,27,30);1-3H,(H2,8,11)(H2,9,13). The minimum Gasteiger partial charge on any atom is -0.381 e. The summed E-state index contributed by atoms with van der Waals surface area (Å²) in [6.45, 7) is 2.21. The molecular weight excluding hydrogens is 558 g/mol. The average Bonchev–Trinajstić information content (AvgIpc) is 3.61. The third-order valence-corrected chi connectivity index (χ3v) is 7.36. The highest BCUT2D eigenvalue weighted by Crippen LogP contribution is 2.22. The number of para-hydroxylation sites is 1. The summed E-state index contributed by atoms with van der Waals surface area (Å²) in [5.74, 6) is 5.27. The lowest BCUT2D eigenvalue weighted by atomic mass is 10.0. The molecule has 2 amide bonds. The van der Waals surface area contributed by atoms with Crippen LogP contribution in [-0.4, -0.2) is 43.3 Å². The number of carbonyl (C=O) groups excluding carboxylic acids is 3. The van der Waals surface area contributed by atoms with E-state index in [0.29, 0.717) is 35.9 Å². The minimum atomic E-state index is -0.619. The van der Waals surface area contributed by atoms with Gasteiger partial charge in [0.1, 0.15) is 11.3 Å². The number of aryl methyl sites for hydroxylation is 1. The molecule has 222 valence electrons. The Bertz CT molecular complexity index is 2000. The maximum Gasteiger partial charge on any atom is 0.264 e. The molecule has 0 radical (unpaired) electrons. The average molecular weight is 590 g/mol. The fourth-order valence-electron chi connectivity index (χ4n) is 5.23. The number of benzene rings is 2. The summed E-state index contributed by atoms with van der Waals surface area (Å²) in [5, 5.41) is 8.08. The number of Topliss-reactive ketones (excluding diaryl/α,β-unsaturated/α-hetero) is 1. The number of primary amides is 1. The highest BCUT2D eigenvalue weighted by atomic mass is 16.2. The zero-order valence-electron chi connectivity index (χ0n) is 24.1. The monoisotopic (exact) mass is 589 g/mol. The number of pyridine rings is 1. The predicted octanol–water partition coefficient (Wildman–Crippen LogP) is 2.80. The lowest BCUT2D eigenvalue weighted by Crippen LogP contribution is -2.29. The van der Waals surface area contributed by atoms with Gasteiger partial charge in [0.25, 0.3) is 11.5 Å². The molecule has 0 saturated heterocycles. The van der Waals surface area contributed by atoms with Crippen LogP contribution in [0.1, 0.15) is 47.8 Å². The number of nitrogen functional groups attached to an aromatic ring is 1. The number of fused-ring (bicyclic) bond motifs is 2. The van der Waals surface area contributed by atoms with Crippen molar-refractivity contribution >= 4 is 39.8 Å². The Morgan fingerprint density at radius 2 is 1.89 bits per heavy atom. The Morgan fingerprint density at radius 1 is 1.09 bits per heavy atom. The summed E-state index contributed by atoms with van der Waals surface area (Å²) in [6.07, 6.45) is 5.33. The summed E-state index contributed by atoms with van der Waals surface area (Å²) < 4.78 is 3.15. The Balaban J connectivity index is 0.000000245. The number of carbonyl (C=O) groups is 3. The molecule has 1 unspecified atom stereocenters. The van der Waals surface area contributed by atoms with Crippen molar-refractivity contribution in [1.82, 2.24) is 24.5 Å². The molecule has 1 fully saturated rings. The van der Waals surface area contributed by atoms with Gasteiger partial charge in [-0.1, -0.05) is 49.1 Å². The maximum atomic E-state index is 13.5. The van der Waals surface area contributed by atoms with Gasteiger partial charge in [0.05, 0.1) is 11.9 Å². The van der Waals surface area contributed by atoms with Crippen molar-refractivity contribution in [2.75, 3.05) is 12.3 Å². The second kappa shape index (κ2) is 13.0. The van der Waals surface area contributed by atoms with Crippen molar-refractivity contribution in [1.29, 1.82) is 0 Å². The SMILES string of the molecule is CCc1cc2cccc(C#CCNC(=O)C3CCC(=O)C3)c2c(=O)n1-c1ccccc1.NC(=O)c1c(N)nn2cccnc12. The summed E-state index contributed by atoms with van der Waals surface area (Å²) >= 11 is 0. The molecule has 11 heteroatoms. The van der Waals surface area contributed by atoms with Crippen LogP contribution in [0.2, 0.25) is 0 Å². The molecular formula is C33H31N7O4. The van der Waals surface area contributed by atoms with E-state index < -0.39 is 5.91 Å². The Labute approximate surface area is 252 Å². The molecule has 3 heterocycles. The van der Waals surface area contributed by atoms with Gasteiger partial charge >= 0.3 is 0 Å². The van der Waals surface area contributed by atoms with E-state index in [4.69, 9.17) is 11.5 Å². The molecule has 2 aromatic carbocycles. The number of nitrogens with two attached hydrogens (primary N) is 2. The molecule has 11 nitrogen and oxygen atoms in total. The van der Waals surface area contributed by atoms with E-state index in [9.17, 15) is 19.2 Å².